The maximum absolute atomic E-state index is 13.2. The normalized spacial score (nSPS) is 12.0. The third-order valence-electron chi connectivity index (χ3n) is 4.08. The maximum atomic E-state index is 13.2. The van der Waals surface area contributed by atoms with Gasteiger partial charge in [0, 0.05) is 31.8 Å². The fraction of sp³-hybridized carbons (Fsp3) is 0.294. The Labute approximate surface area is 154 Å². The van der Waals surface area contributed by atoms with Gasteiger partial charge in [-0.15, -0.1) is 0 Å². The molecule has 0 unspecified atom stereocenters. The van der Waals surface area contributed by atoms with Crippen molar-refractivity contribution in [2.24, 2.45) is 0 Å². The maximum Gasteiger partial charge on any atom is 0.291 e. The highest BCUT2D eigenvalue weighted by Gasteiger charge is 2.20. The molecule has 27 heavy (non-hydrogen) atoms. The van der Waals surface area contributed by atoms with E-state index < -0.39 is 27.2 Å². The minimum absolute atomic E-state index is 0.123. The zero-order chi connectivity index (χ0) is 19.8. The van der Waals surface area contributed by atoms with Gasteiger partial charge in [0.25, 0.3) is 5.56 Å². The Bertz CT molecular complexity index is 1150. The SMILES string of the molecule is CCc1nn(CC)c(=O)c2cc(S(=O)(=O)NCc3cc(F)cc(F)c3)cn12. The number of rotatable bonds is 6. The lowest BCUT2D eigenvalue weighted by Crippen LogP contribution is -2.26. The first-order chi connectivity index (χ1) is 12.7. The third-order valence-corrected chi connectivity index (χ3v) is 5.45. The van der Waals surface area contributed by atoms with Crippen LogP contribution in [0.4, 0.5) is 8.78 Å². The van der Waals surface area contributed by atoms with E-state index in [1.807, 2.05) is 6.92 Å². The molecule has 0 aliphatic carbocycles. The molecule has 3 rings (SSSR count). The van der Waals surface area contributed by atoms with E-state index in [9.17, 15) is 22.0 Å². The summed E-state index contributed by atoms with van der Waals surface area (Å²) >= 11 is 0. The second-order valence-corrected chi connectivity index (χ2v) is 7.69. The third kappa shape index (κ3) is 3.76. The Morgan fingerprint density at radius 2 is 1.78 bits per heavy atom. The fourth-order valence-corrected chi connectivity index (χ4v) is 3.79. The molecule has 0 spiro atoms. The molecule has 0 saturated heterocycles. The molecule has 0 fully saturated rings. The molecule has 0 radical (unpaired) electrons. The predicted octanol–water partition coefficient (Wildman–Crippen LogP) is 1.83. The topological polar surface area (TPSA) is 85.5 Å². The van der Waals surface area contributed by atoms with Crippen molar-refractivity contribution in [3.05, 3.63) is 63.8 Å². The van der Waals surface area contributed by atoms with Gasteiger partial charge in [-0.3, -0.25) is 9.20 Å². The molecule has 1 N–H and O–H groups in total. The van der Waals surface area contributed by atoms with Gasteiger partial charge in [0.1, 0.15) is 27.9 Å². The summed E-state index contributed by atoms with van der Waals surface area (Å²) in [6, 6.07) is 4.06. The van der Waals surface area contributed by atoms with Crippen LogP contribution < -0.4 is 10.3 Å². The van der Waals surface area contributed by atoms with Gasteiger partial charge in [-0.1, -0.05) is 6.92 Å². The number of hydrogen-bond acceptors (Lipinski definition) is 4. The number of halogens is 2. The molecule has 2 aromatic heterocycles. The van der Waals surface area contributed by atoms with Gasteiger partial charge >= 0.3 is 0 Å². The fourth-order valence-electron chi connectivity index (χ4n) is 2.76. The first-order valence-electron chi connectivity index (χ1n) is 8.32. The number of hydrogen-bond donors (Lipinski definition) is 1. The number of sulfonamides is 1. The molecule has 144 valence electrons. The first-order valence-corrected chi connectivity index (χ1v) is 9.80. The summed E-state index contributed by atoms with van der Waals surface area (Å²) in [7, 11) is -4.00. The van der Waals surface area contributed by atoms with Gasteiger partial charge in [-0.2, -0.15) is 5.10 Å². The van der Waals surface area contributed by atoms with E-state index in [0.717, 1.165) is 12.1 Å². The van der Waals surface area contributed by atoms with Crippen LogP contribution in [-0.2, 0) is 29.5 Å². The van der Waals surface area contributed by atoms with E-state index in [1.54, 1.807) is 6.92 Å². The Morgan fingerprint density at radius 3 is 2.37 bits per heavy atom. The Morgan fingerprint density at radius 1 is 1.11 bits per heavy atom. The summed E-state index contributed by atoms with van der Waals surface area (Å²) < 4.78 is 56.6. The molecule has 0 atom stereocenters. The van der Waals surface area contributed by atoms with Crippen LogP contribution in [0.1, 0.15) is 25.2 Å². The monoisotopic (exact) mass is 396 g/mol. The van der Waals surface area contributed by atoms with Gasteiger partial charge < -0.3 is 0 Å². The Kier molecular flexibility index (Phi) is 5.11. The van der Waals surface area contributed by atoms with Crippen LogP contribution in [-0.4, -0.2) is 22.6 Å². The number of benzene rings is 1. The average Bonchev–Trinajstić information content (AvgIpc) is 3.07. The number of nitrogens with zero attached hydrogens (tertiary/aromatic N) is 3. The van der Waals surface area contributed by atoms with E-state index in [0.29, 0.717) is 24.9 Å². The quantitative estimate of drug-likeness (QED) is 0.689. The summed E-state index contributed by atoms with van der Waals surface area (Å²) in [6.45, 7) is 3.68. The second-order valence-electron chi connectivity index (χ2n) is 5.92. The minimum atomic E-state index is -4.00. The van der Waals surface area contributed by atoms with Gasteiger partial charge in [-0.05, 0) is 30.7 Å². The zero-order valence-corrected chi connectivity index (χ0v) is 15.6. The molecule has 0 aliphatic heterocycles. The molecule has 0 amide bonds. The molecular formula is C17H18F2N4O3S. The highest BCUT2D eigenvalue weighted by molar-refractivity contribution is 7.89. The molecule has 0 bridgehead atoms. The summed E-state index contributed by atoms with van der Waals surface area (Å²) in [6.07, 6.45) is 1.82. The van der Waals surface area contributed by atoms with Gasteiger partial charge in [0.15, 0.2) is 0 Å². The van der Waals surface area contributed by atoms with Crippen LogP contribution in [0.3, 0.4) is 0 Å². The van der Waals surface area contributed by atoms with Gasteiger partial charge in [0.05, 0.1) is 0 Å². The molecule has 3 aromatic rings. The van der Waals surface area contributed by atoms with Gasteiger partial charge in [0.2, 0.25) is 10.0 Å². The molecule has 0 aliphatic rings. The first kappa shape index (κ1) is 19.2. The molecule has 10 heteroatoms. The standard InChI is InChI=1S/C17H18F2N4O3S/c1-3-16-21-23(4-2)17(24)15-8-14(10-22(15)16)27(25,26)20-9-11-5-12(18)7-13(19)6-11/h5-8,10,20H,3-4,9H2,1-2H3. The van der Waals surface area contributed by atoms with Crippen molar-refractivity contribution in [1.29, 1.82) is 0 Å². The number of aromatic nitrogens is 3. The lowest BCUT2D eigenvalue weighted by molar-refractivity contribution is 0.571. The van der Waals surface area contributed by atoms with E-state index >= 15 is 0 Å². The van der Waals surface area contributed by atoms with Crippen molar-refractivity contribution in [2.75, 3.05) is 0 Å². The van der Waals surface area contributed by atoms with E-state index in [1.165, 1.54) is 21.3 Å². The molecule has 7 nitrogen and oxygen atoms in total. The zero-order valence-electron chi connectivity index (χ0n) is 14.7. The molecule has 0 saturated carbocycles. The lowest BCUT2D eigenvalue weighted by Gasteiger charge is -2.06. The second kappa shape index (κ2) is 7.20. The molecular weight excluding hydrogens is 378 g/mol. The van der Waals surface area contributed by atoms with Crippen LogP contribution in [0.15, 0.2) is 40.2 Å². The van der Waals surface area contributed by atoms with Crippen LogP contribution in [0.25, 0.3) is 5.52 Å². The summed E-state index contributed by atoms with van der Waals surface area (Å²) in [5.74, 6) is -1.05. The number of aryl methyl sites for hydroxylation is 2. The van der Waals surface area contributed by atoms with Crippen LogP contribution >= 0.6 is 0 Å². The smallest absolute Gasteiger partial charge is 0.291 e. The van der Waals surface area contributed by atoms with E-state index in [2.05, 4.69) is 9.82 Å². The molecule has 2 heterocycles. The molecule has 1 aromatic carbocycles. The summed E-state index contributed by atoms with van der Waals surface area (Å²) in [5, 5.41) is 4.21. The summed E-state index contributed by atoms with van der Waals surface area (Å²) in [4.78, 5) is 12.3. The van der Waals surface area contributed by atoms with Crippen molar-refractivity contribution >= 4 is 15.5 Å². The largest absolute Gasteiger partial charge is 0.297 e. The van der Waals surface area contributed by atoms with E-state index in [4.69, 9.17) is 0 Å². The lowest BCUT2D eigenvalue weighted by atomic mass is 10.2. The summed E-state index contributed by atoms with van der Waals surface area (Å²) in [5.41, 5.74) is -0.0617. The number of nitrogens with one attached hydrogen (secondary N) is 1. The van der Waals surface area contributed by atoms with E-state index in [-0.39, 0.29) is 22.5 Å². The Hall–Kier alpha value is -2.59. The van der Waals surface area contributed by atoms with Crippen LogP contribution in [0.5, 0.6) is 0 Å². The average molecular weight is 396 g/mol. The van der Waals surface area contributed by atoms with Crippen molar-refractivity contribution < 1.29 is 17.2 Å². The van der Waals surface area contributed by atoms with Crippen molar-refractivity contribution in [1.82, 2.24) is 18.9 Å². The predicted molar refractivity (Wildman–Crippen MR) is 94.9 cm³/mol. The van der Waals surface area contributed by atoms with Gasteiger partial charge in [-0.25, -0.2) is 26.6 Å². The van der Waals surface area contributed by atoms with Crippen molar-refractivity contribution in [2.45, 2.75) is 38.3 Å². The van der Waals surface area contributed by atoms with Crippen molar-refractivity contribution in [3.63, 3.8) is 0 Å². The van der Waals surface area contributed by atoms with Crippen LogP contribution in [0.2, 0.25) is 0 Å². The van der Waals surface area contributed by atoms with Crippen LogP contribution in [0, 0.1) is 11.6 Å². The highest BCUT2D eigenvalue weighted by Crippen LogP contribution is 2.15. The Balaban J connectivity index is 1.98. The number of fused-ring (bicyclic) bond motifs is 1. The van der Waals surface area contributed by atoms with Crippen molar-refractivity contribution in [3.8, 4) is 0 Å². The highest BCUT2D eigenvalue weighted by atomic mass is 32.2. The minimum Gasteiger partial charge on any atom is -0.297 e.